The lowest BCUT2D eigenvalue weighted by Crippen LogP contribution is -2.56. The SMILES string of the molecule is C[C@@H]1CN([C@@H](C)C(=O)NC2CCN(Cc3ccccc3)CC2)C[C@@H](C)O1. The van der Waals surface area contributed by atoms with Crippen molar-refractivity contribution in [1.29, 1.82) is 0 Å². The van der Waals surface area contributed by atoms with Crippen molar-refractivity contribution >= 4 is 5.91 Å². The minimum atomic E-state index is -0.0915. The number of rotatable bonds is 5. The van der Waals surface area contributed by atoms with Gasteiger partial charge >= 0.3 is 0 Å². The van der Waals surface area contributed by atoms with E-state index in [0.29, 0.717) is 6.04 Å². The molecule has 1 aromatic rings. The highest BCUT2D eigenvalue weighted by atomic mass is 16.5. The molecule has 2 aliphatic heterocycles. The van der Waals surface area contributed by atoms with Crippen LogP contribution in [-0.4, -0.2) is 66.2 Å². The van der Waals surface area contributed by atoms with Gasteiger partial charge in [-0.15, -0.1) is 0 Å². The molecule has 144 valence electrons. The van der Waals surface area contributed by atoms with Crippen LogP contribution in [0.2, 0.25) is 0 Å². The summed E-state index contributed by atoms with van der Waals surface area (Å²) in [6.07, 6.45) is 2.44. The van der Waals surface area contributed by atoms with Gasteiger partial charge in [-0.2, -0.15) is 0 Å². The number of likely N-dealkylation sites (tertiary alicyclic amines) is 1. The molecule has 2 heterocycles. The predicted octanol–water partition coefficient (Wildman–Crippen LogP) is 2.26. The Morgan fingerprint density at radius 2 is 1.77 bits per heavy atom. The molecule has 1 aromatic carbocycles. The van der Waals surface area contributed by atoms with Crippen molar-refractivity contribution < 1.29 is 9.53 Å². The van der Waals surface area contributed by atoms with Gasteiger partial charge in [0.2, 0.25) is 5.91 Å². The Morgan fingerprint density at radius 3 is 2.38 bits per heavy atom. The number of piperidine rings is 1. The normalized spacial score (nSPS) is 27.2. The number of benzene rings is 1. The van der Waals surface area contributed by atoms with Crippen molar-refractivity contribution in [3.05, 3.63) is 35.9 Å². The number of hydrogen-bond donors (Lipinski definition) is 1. The Balaban J connectivity index is 1.43. The Labute approximate surface area is 157 Å². The summed E-state index contributed by atoms with van der Waals surface area (Å²) in [5, 5.41) is 3.28. The maximum absolute atomic E-state index is 12.7. The van der Waals surface area contributed by atoms with Gasteiger partial charge in [0.25, 0.3) is 0 Å². The van der Waals surface area contributed by atoms with Crippen LogP contribution in [0.15, 0.2) is 30.3 Å². The molecule has 0 aromatic heterocycles. The number of carbonyl (C=O) groups excluding carboxylic acids is 1. The summed E-state index contributed by atoms with van der Waals surface area (Å²) in [6, 6.07) is 10.8. The number of nitrogens with zero attached hydrogens (tertiary/aromatic N) is 2. The highest BCUT2D eigenvalue weighted by molar-refractivity contribution is 5.81. The van der Waals surface area contributed by atoms with Crippen LogP contribution in [-0.2, 0) is 16.1 Å². The summed E-state index contributed by atoms with van der Waals surface area (Å²) < 4.78 is 5.78. The standard InChI is InChI=1S/C21H33N3O2/c1-16-13-24(14-17(2)26-16)18(3)21(25)22-20-9-11-23(12-10-20)15-19-7-5-4-6-8-19/h4-8,16-18,20H,9-15H2,1-3H3,(H,22,25)/t16-,17-,18+/m1/s1. The highest BCUT2D eigenvalue weighted by Crippen LogP contribution is 2.16. The summed E-state index contributed by atoms with van der Waals surface area (Å²) in [7, 11) is 0. The van der Waals surface area contributed by atoms with Gasteiger partial charge in [0, 0.05) is 38.8 Å². The first-order valence-electron chi connectivity index (χ1n) is 9.97. The summed E-state index contributed by atoms with van der Waals surface area (Å²) in [4.78, 5) is 17.4. The van der Waals surface area contributed by atoms with Crippen molar-refractivity contribution in [3.63, 3.8) is 0 Å². The highest BCUT2D eigenvalue weighted by Gasteiger charge is 2.30. The van der Waals surface area contributed by atoms with E-state index < -0.39 is 0 Å². The maximum Gasteiger partial charge on any atom is 0.237 e. The number of nitrogens with one attached hydrogen (secondary N) is 1. The molecule has 0 unspecified atom stereocenters. The van der Waals surface area contributed by atoms with Crippen LogP contribution in [0.5, 0.6) is 0 Å². The molecule has 0 saturated carbocycles. The molecule has 0 radical (unpaired) electrons. The molecule has 0 spiro atoms. The number of carbonyl (C=O) groups is 1. The second-order valence-corrected chi connectivity index (χ2v) is 7.93. The summed E-state index contributed by atoms with van der Waals surface area (Å²) in [6.45, 7) is 10.9. The molecule has 3 atom stereocenters. The first-order chi connectivity index (χ1) is 12.5. The smallest absolute Gasteiger partial charge is 0.237 e. The lowest BCUT2D eigenvalue weighted by atomic mass is 10.0. The van der Waals surface area contributed by atoms with E-state index in [2.05, 4.69) is 59.3 Å². The first-order valence-corrected chi connectivity index (χ1v) is 9.97. The molecule has 5 nitrogen and oxygen atoms in total. The van der Waals surface area contributed by atoms with Gasteiger partial charge in [0.1, 0.15) is 0 Å². The first kappa shape index (κ1) is 19.3. The van der Waals surface area contributed by atoms with E-state index >= 15 is 0 Å². The second kappa shape index (κ2) is 8.98. The zero-order chi connectivity index (χ0) is 18.5. The summed E-state index contributed by atoms with van der Waals surface area (Å²) >= 11 is 0. The fourth-order valence-corrected chi connectivity index (χ4v) is 4.10. The van der Waals surface area contributed by atoms with Crippen molar-refractivity contribution in [2.75, 3.05) is 26.2 Å². The Bertz CT molecular complexity index is 562. The van der Waals surface area contributed by atoms with Gasteiger partial charge in [-0.3, -0.25) is 14.6 Å². The van der Waals surface area contributed by atoms with Gasteiger partial charge in [0.15, 0.2) is 0 Å². The average Bonchev–Trinajstić information content (AvgIpc) is 2.63. The molecule has 1 amide bonds. The van der Waals surface area contributed by atoms with E-state index in [-0.39, 0.29) is 24.2 Å². The molecular formula is C21H33N3O2. The van der Waals surface area contributed by atoms with Crippen LogP contribution in [0.4, 0.5) is 0 Å². The van der Waals surface area contributed by atoms with Gasteiger partial charge in [-0.25, -0.2) is 0 Å². The van der Waals surface area contributed by atoms with Crippen LogP contribution in [0.3, 0.4) is 0 Å². The number of ether oxygens (including phenoxy) is 1. The topological polar surface area (TPSA) is 44.8 Å². The number of hydrogen-bond acceptors (Lipinski definition) is 4. The molecular weight excluding hydrogens is 326 g/mol. The Kier molecular flexibility index (Phi) is 6.68. The van der Waals surface area contributed by atoms with Crippen LogP contribution < -0.4 is 5.32 Å². The van der Waals surface area contributed by atoms with Crippen molar-refractivity contribution in [2.45, 2.75) is 64.4 Å². The molecule has 26 heavy (non-hydrogen) atoms. The zero-order valence-electron chi connectivity index (χ0n) is 16.4. The van der Waals surface area contributed by atoms with Crippen LogP contribution in [0, 0.1) is 0 Å². The zero-order valence-corrected chi connectivity index (χ0v) is 16.4. The minimum Gasteiger partial charge on any atom is -0.373 e. The molecule has 2 aliphatic rings. The average molecular weight is 360 g/mol. The predicted molar refractivity (Wildman–Crippen MR) is 104 cm³/mol. The number of amides is 1. The monoisotopic (exact) mass is 359 g/mol. The Hall–Kier alpha value is -1.43. The van der Waals surface area contributed by atoms with Gasteiger partial charge in [0.05, 0.1) is 18.2 Å². The Morgan fingerprint density at radius 1 is 1.15 bits per heavy atom. The second-order valence-electron chi connectivity index (χ2n) is 7.93. The van der Waals surface area contributed by atoms with Crippen molar-refractivity contribution in [2.24, 2.45) is 0 Å². The molecule has 2 fully saturated rings. The van der Waals surface area contributed by atoms with Crippen molar-refractivity contribution in [3.8, 4) is 0 Å². The van der Waals surface area contributed by atoms with E-state index in [9.17, 15) is 4.79 Å². The number of morpholine rings is 1. The lowest BCUT2D eigenvalue weighted by Gasteiger charge is -2.39. The van der Waals surface area contributed by atoms with Crippen LogP contribution in [0.25, 0.3) is 0 Å². The summed E-state index contributed by atoms with van der Waals surface area (Å²) in [5.41, 5.74) is 1.36. The molecule has 0 bridgehead atoms. The molecule has 3 rings (SSSR count). The van der Waals surface area contributed by atoms with Gasteiger partial charge < -0.3 is 10.1 Å². The van der Waals surface area contributed by atoms with Crippen molar-refractivity contribution in [1.82, 2.24) is 15.1 Å². The van der Waals surface area contributed by atoms with E-state index in [1.54, 1.807) is 0 Å². The van der Waals surface area contributed by atoms with E-state index in [4.69, 9.17) is 4.74 Å². The van der Waals surface area contributed by atoms with E-state index in [1.165, 1.54) is 5.56 Å². The largest absolute Gasteiger partial charge is 0.373 e. The van der Waals surface area contributed by atoms with Gasteiger partial charge in [-0.05, 0) is 39.2 Å². The van der Waals surface area contributed by atoms with Crippen LogP contribution in [0.1, 0.15) is 39.2 Å². The minimum absolute atomic E-state index is 0.0915. The third kappa shape index (κ3) is 5.29. The molecule has 1 N–H and O–H groups in total. The fraction of sp³-hybridized carbons (Fsp3) is 0.667. The quantitative estimate of drug-likeness (QED) is 0.876. The summed E-state index contributed by atoms with van der Waals surface area (Å²) in [5.74, 6) is 0.160. The van der Waals surface area contributed by atoms with Gasteiger partial charge in [-0.1, -0.05) is 30.3 Å². The maximum atomic E-state index is 12.7. The third-order valence-electron chi connectivity index (χ3n) is 5.56. The third-order valence-corrected chi connectivity index (χ3v) is 5.56. The van der Waals surface area contributed by atoms with E-state index in [0.717, 1.165) is 45.6 Å². The molecule has 2 saturated heterocycles. The molecule has 5 heteroatoms. The van der Waals surface area contributed by atoms with Crippen LogP contribution >= 0.6 is 0 Å². The lowest BCUT2D eigenvalue weighted by molar-refractivity contribution is -0.132. The molecule has 0 aliphatic carbocycles. The fourth-order valence-electron chi connectivity index (χ4n) is 4.10. The van der Waals surface area contributed by atoms with E-state index in [1.807, 2.05) is 6.92 Å².